The number of esters is 1. The highest BCUT2D eigenvalue weighted by atomic mass is 127. The number of hydrogen-bond acceptors (Lipinski definition) is 3. The predicted molar refractivity (Wildman–Crippen MR) is 69.9 cm³/mol. The van der Waals surface area contributed by atoms with Crippen molar-refractivity contribution in [1.82, 2.24) is 0 Å². The molecule has 0 heterocycles. The number of halogens is 1. The summed E-state index contributed by atoms with van der Waals surface area (Å²) in [7, 11) is 0. The fourth-order valence-corrected chi connectivity index (χ4v) is 1.49. The number of carbonyl (C=O) groups is 1. The molecule has 1 aromatic rings. The zero-order valence-corrected chi connectivity index (χ0v) is 11.0. The summed E-state index contributed by atoms with van der Waals surface area (Å²) in [5.41, 5.74) is 0.751. The maximum absolute atomic E-state index is 11.0. The van der Waals surface area contributed by atoms with Crippen LogP contribution in [0.3, 0.4) is 0 Å². The molecular formula is C12H13IO3. The van der Waals surface area contributed by atoms with Gasteiger partial charge in [0.25, 0.3) is 0 Å². The van der Waals surface area contributed by atoms with Crippen LogP contribution < -0.4 is 0 Å². The van der Waals surface area contributed by atoms with Crippen LogP contribution in [0, 0.1) is 3.57 Å². The molecule has 0 aliphatic heterocycles. The van der Waals surface area contributed by atoms with E-state index in [1.807, 2.05) is 24.3 Å². The van der Waals surface area contributed by atoms with Crippen molar-refractivity contribution >= 4 is 28.6 Å². The third-order valence-corrected chi connectivity index (χ3v) is 2.63. The van der Waals surface area contributed by atoms with E-state index < -0.39 is 12.1 Å². The highest BCUT2D eigenvalue weighted by Crippen LogP contribution is 2.15. The predicted octanol–water partition coefficient (Wildman–Crippen LogP) is 2.44. The van der Waals surface area contributed by atoms with Crippen molar-refractivity contribution < 1.29 is 14.6 Å². The van der Waals surface area contributed by atoms with E-state index in [-0.39, 0.29) is 0 Å². The monoisotopic (exact) mass is 332 g/mol. The van der Waals surface area contributed by atoms with Gasteiger partial charge < -0.3 is 9.84 Å². The Kier molecular flexibility index (Phi) is 5.48. The Bertz CT molecular complexity index is 370. The van der Waals surface area contributed by atoms with Gasteiger partial charge in [-0.05, 0) is 53.3 Å². The average molecular weight is 332 g/mol. The van der Waals surface area contributed by atoms with Gasteiger partial charge in [-0.1, -0.05) is 12.1 Å². The smallest absolute Gasteiger partial charge is 0.330 e. The molecule has 0 saturated carbocycles. The molecule has 3 nitrogen and oxygen atoms in total. The lowest BCUT2D eigenvalue weighted by atomic mass is 10.1. The van der Waals surface area contributed by atoms with Gasteiger partial charge in [0.05, 0.1) is 12.7 Å². The van der Waals surface area contributed by atoms with E-state index in [1.54, 1.807) is 6.92 Å². The summed E-state index contributed by atoms with van der Waals surface area (Å²) in [6.07, 6.45) is 1.88. The Hall–Kier alpha value is -0.880. The van der Waals surface area contributed by atoms with Crippen LogP contribution in [0.4, 0.5) is 0 Å². The number of rotatable bonds is 4. The Labute approximate surface area is 108 Å². The second-order valence-electron chi connectivity index (χ2n) is 3.11. The maximum Gasteiger partial charge on any atom is 0.330 e. The van der Waals surface area contributed by atoms with Gasteiger partial charge in [-0.3, -0.25) is 0 Å². The van der Waals surface area contributed by atoms with Crippen LogP contribution in [0.15, 0.2) is 36.4 Å². The molecule has 1 atom stereocenters. The molecular weight excluding hydrogens is 319 g/mol. The first-order valence-corrected chi connectivity index (χ1v) is 6.00. The van der Waals surface area contributed by atoms with Crippen molar-refractivity contribution in [2.75, 3.05) is 6.61 Å². The van der Waals surface area contributed by atoms with Crippen LogP contribution in [-0.4, -0.2) is 17.7 Å². The quantitative estimate of drug-likeness (QED) is 0.523. The van der Waals surface area contributed by atoms with E-state index >= 15 is 0 Å². The third kappa shape index (κ3) is 4.32. The summed E-state index contributed by atoms with van der Waals surface area (Å²) in [6.45, 7) is 2.07. The summed E-state index contributed by atoms with van der Waals surface area (Å²) in [6, 6.07) is 7.44. The second-order valence-corrected chi connectivity index (χ2v) is 4.35. The normalized spacial score (nSPS) is 12.7. The minimum atomic E-state index is -0.776. The molecule has 0 saturated heterocycles. The van der Waals surface area contributed by atoms with E-state index in [9.17, 15) is 9.90 Å². The number of aliphatic hydroxyl groups excluding tert-OH is 1. The molecule has 1 aromatic carbocycles. The lowest BCUT2D eigenvalue weighted by Crippen LogP contribution is -2.01. The van der Waals surface area contributed by atoms with Crippen molar-refractivity contribution in [2.24, 2.45) is 0 Å². The maximum atomic E-state index is 11.0. The van der Waals surface area contributed by atoms with E-state index in [2.05, 4.69) is 22.6 Å². The fraction of sp³-hybridized carbons (Fsp3) is 0.250. The molecule has 1 N–H and O–H groups in total. The van der Waals surface area contributed by atoms with E-state index in [0.29, 0.717) is 6.61 Å². The molecule has 0 spiro atoms. The second kappa shape index (κ2) is 6.65. The Morgan fingerprint density at radius 1 is 1.50 bits per heavy atom. The van der Waals surface area contributed by atoms with Gasteiger partial charge in [-0.2, -0.15) is 0 Å². The van der Waals surface area contributed by atoms with Crippen molar-refractivity contribution in [3.63, 3.8) is 0 Å². The van der Waals surface area contributed by atoms with Crippen molar-refractivity contribution in [2.45, 2.75) is 13.0 Å². The first kappa shape index (κ1) is 13.2. The number of hydrogen-bond donors (Lipinski definition) is 1. The largest absolute Gasteiger partial charge is 0.463 e. The summed E-state index contributed by atoms with van der Waals surface area (Å²) in [5, 5.41) is 9.73. The minimum absolute atomic E-state index is 0.336. The van der Waals surface area contributed by atoms with Gasteiger partial charge >= 0.3 is 5.97 Å². The highest BCUT2D eigenvalue weighted by Gasteiger charge is 2.03. The minimum Gasteiger partial charge on any atom is -0.463 e. The van der Waals surface area contributed by atoms with Gasteiger partial charge in [-0.15, -0.1) is 0 Å². The zero-order valence-electron chi connectivity index (χ0n) is 8.89. The molecule has 16 heavy (non-hydrogen) atoms. The lowest BCUT2D eigenvalue weighted by Gasteiger charge is -2.05. The van der Waals surface area contributed by atoms with E-state index in [1.165, 1.54) is 12.2 Å². The number of benzene rings is 1. The van der Waals surface area contributed by atoms with Crippen LogP contribution in [-0.2, 0) is 9.53 Å². The summed E-state index contributed by atoms with van der Waals surface area (Å²) in [4.78, 5) is 11.0. The molecule has 86 valence electrons. The zero-order chi connectivity index (χ0) is 12.0. The molecule has 0 fully saturated rings. The molecule has 0 aliphatic rings. The summed E-state index contributed by atoms with van der Waals surface area (Å²) in [5.74, 6) is -0.438. The van der Waals surface area contributed by atoms with Crippen molar-refractivity contribution in [3.05, 3.63) is 45.6 Å². The van der Waals surface area contributed by atoms with Gasteiger partial charge in [0.15, 0.2) is 0 Å². The molecule has 0 bridgehead atoms. The number of carbonyl (C=O) groups excluding carboxylic acids is 1. The number of ether oxygens (including phenoxy) is 1. The van der Waals surface area contributed by atoms with Crippen LogP contribution in [0.5, 0.6) is 0 Å². The molecule has 0 radical (unpaired) electrons. The summed E-state index contributed by atoms with van der Waals surface area (Å²) >= 11 is 2.19. The first-order chi connectivity index (χ1) is 7.63. The molecule has 0 aromatic heterocycles. The SMILES string of the molecule is CCOC(=O)/C=C/[C@@H](O)c1ccc(I)cc1. The van der Waals surface area contributed by atoms with Crippen molar-refractivity contribution in [1.29, 1.82) is 0 Å². The van der Waals surface area contributed by atoms with E-state index in [4.69, 9.17) is 4.74 Å². The first-order valence-electron chi connectivity index (χ1n) is 4.92. The highest BCUT2D eigenvalue weighted by molar-refractivity contribution is 14.1. The topological polar surface area (TPSA) is 46.5 Å². The Balaban J connectivity index is 2.61. The summed E-state index contributed by atoms with van der Waals surface area (Å²) < 4.78 is 5.81. The van der Waals surface area contributed by atoms with Crippen LogP contribution in [0.1, 0.15) is 18.6 Å². The Morgan fingerprint density at radius 2 is 2.12 bits per heavy atom. The Morgan fingerprint density at radius 3 is 2.69 bits per heavy atom. The van der Waals surface area contributed by atoms with E-state index in [0.717, 1.165) is 9.13 Å². The third-order valence-electron chi connectivity index (χ3n) is 1.91. The number of aliphatic hydroxyl groups is 1. The van der Waals surface area contributed by atoms with Gasteiger partial charge in [0, 0.05) is 9.65 Å². The van der Waals surface area contributed by atoms with Crippen LogP contribution in [0.2, 0.25) is 0 Å². The van der Waals surface area contributed by atoms with Gasteiger partial charge in [-0.25, -0.2) is 4.79 Å². The standard InChI is InChI=1S/C12H13IO3/c1-2-16-12(15)8-7-11(14)9-3-5-10(13)6-4-9/h3-8,11,14H,2H2,1H3/b8-7+/t11-/m1/s1. The molecule has 0 aliphatic carbocycles. The molecule has 0 unspecified atom stereocenters. The van der Waals surface area contributed by atoms with Crippen LogP contribution in [0.25, 0.3) is 0 Å². The molecule has 4 heteroatoms. The van der Waals surface area contributed by atoms with Gasteiger partial charge in [0.1, 0.15) is 0 Å². The molecule has 0 amide bonds. The fourth-order valence-electron chi connectivity index (χ4n) is 1.13. The average Bonchev–Trinajstić information content (AvgIpc) is 2.27. The lowest BCUT2D eigenvalue weighted by molar-refractivity contribution is -0.137. The van der Waals surface area contributed by atoms with Crippen LogP contribution >= 0.6 is 22.6 Å². The van der Waals surface area contributed by atoms with Gasteiger partial charge in [0.2, 0.25) is 0 Å². The molecule has 1 rings (SSSR count). The van der Waals surface area contributed by atoms with Crippen molar-refractivity contribution in [3.8, 4) is 0 Å².